The number of halogens is 2. The minimum absolute atomic E-state index is 0.0288. The Labute approximate surface area is 138 Å². The molecule has 1 amide bonds. The van der Waals surface area contributed by atoms with Crippen molar-refractivity contribution in [2.24, 2.45) is 5.92 Å². The van der Waals surface area contributed by atoms with E-state index in [1.54, 1.807) is 24.9 Å². The Bertz CT molecular complexity index is 671. The average Bonchev–Trinajstić information content (AvgIpc) is 2.34. The smallest absolute Gasteiger partial charge is 0.261 e. The summed E-state index contributed by atoms with van der Waals surface area (Å²) in [4.78, 5) is 14.0. The maximum Gasteiger partial charge on any atom is 0.261 e. The van der Waals surface area contributed by atoms with E-state index in [4.69, 9.17) is 10.7 Å². The molecule has 0 unspecified atom stereocenters. The molecule has 7 heteroatoms. The largest absolute Gasteiger partial charge is 0.341 e. The number of nitrogens with zero attached hydrogens (tertiary/aromatic N) is 1. The van der Waals surface area contributed by atoms with Gasteiger partial charge in [-0.1, -0.05) is 22.4 Å². The van der Waals surface area contributed by atoms with E-state index in [0.29, 0.717) is 28.1 Å². The summed E-state index contributed by atoms with van der Waals surface area (Å²) in [6.45, 7) is 2.35. The van der Waals surface area contributed by atoms with Gasteiger partial charge in [0.25, 0.3) is 15.0 Å². The topological polar surface area (TPSA) is 54.5 Å². The molecule has 0 aliphatic heterocycles. The van der Waals surface area contributed by atoms with Crippen molar-refractivity contribution in [3.05, 3.63) is 27.7 Å². The van der Waals surface area contributed by atoms with Gasteiger partial charge in [0.1, 0.15) is 0 Å². The van der Waals surface area contributed by atoms with Crippen LogP contribution in [0.25, 0.3) is 0 Å². The zero-order chi connectivity index (χ0) is 15.8. The lowest BCUT2D eigenvalue weighted by Crippen LogP contribution is -2.34. The normalized spacial score (nSPS) is 15.6. The molecule has 0 heterocycles. The second kappa shape index (κ2) is 6.26. The van der Waals surface area contributed by atoms with E-state index < -0.39 is 9.05 Å². The molecule has 0 saturated heterocycles. The summed E-state index contributed by atoms with van der Waals surface area (Å²) in [7, 11) is 3.29. The fourth-order valence-corrected chi connectivity index (χ4v) is 4.21. The van der Waals surface area contributed by atoms with Crippen molar-refractivity contribution < 1.29 is 13.2 Å². The summed E-state index contributed by atoms with van der Waals surface area (Å²) >= 11 is 3.29. The summed E-state index contributed by atoms with van der Waals surface area (Å²) in [6, 6.07) is 2.99. The number of amides is 1. The lowest BCUT2D eigenvalue weighted by Gasteiger charge is -2.30. The highest BCUT2D eigenvalue weighted by molar-refractivity contribution is 9.10. The van der Waals surface area contributed by atoms with E-state index in [1.165, 1.54) is 12.5 Å². The maximum atomic E-state index is 12.4. The molecule has 0 N–H and O–H groups in total. The summed E-state index contributed by atoms with van der Waals surface area (Å²) < 4.78 is 23.8. The Morgan fingerprint density at radius 1 is 1.43 bits per heavy atom. The van der Waals surface area contributed by atoms with E-state index in [0.717, 1.165) is 12.8 Å². The molecule has 0 bridgehead atoms. The van der Waals surface area contributed by atoms with E-state index in [9.17, 15) is 13.2 Å². The maximum absolute atomic E-state index is 12.4. The summed E-state index contributed by atoms with van der Waals surface area (Å²) in [5.74, 6) is 0.369. The van der Waals surface area contributed by atoms with Crippen molar-refractivity contribution in [2.45, 2.75) is 31.1 Å². The van der Waals surface area contributed by atoms with Crippen LogP contribution in [0.15, 0.2) is 21.5 Å². The van der Waals surface area contributed by atoms with Crippen LogP contribution in [0.3, 0.4) is 0 Å². The molecular formula is C14H17BrClNO3S. The molecule has 21 heavy (non-hydrogen) atoms. The van der Waals surface area contributed by atoms with Crippen molar-refractivity contribution in [3.63, 3.8) is 0 Å². The fourth-order valence-electron chi connectivity index (χ4n) is 2.40. The Morgan fingerprint density at radius 3 is 2.52 bits per heavy atom. The zero-order valence-corrected chi connectivity index (χ0v) is 15.1. The van der Waals surface area contributed by atoms with E-state index in [2.05, 4.69) is 15.9 Å². The summed E-state index contributed by atoms with van der Waals surface area (Å²) in [5.41, 5.74) is 0.830. The van der Waals surface area contributed by atoms with Gasteiger partial charge in [-0.05, 0) is 43.4 Å². The van der Waals surface area contributed by atoms with Crippen LogP contribution in [0.2, 0.25) is 0 Å². The van der Waals surface area contributed by atoms with Crippen LogP contribution in [-0.2, 0) is 9.05 Å². The first-order valence-corrected chi connectivity index (χ1v) is 9.80. The molecule has 116 valence electrons. The molecule has 1 aromatic rings. The molecule has 0 spiro atoms. The SMILES string of the molecule is Cc1c(Br)cc(C(=O)N(C)CC2CCC2)cc1S(=O)(=O)Cl. The zero-order valence-electron chi connectivity index (χ0n) is 11.9. The first kappa shape index (κ1) is 16.8. The van der Waals surface area contributed by atoms with Gasteiger partial charge in [-0.2, -0.15) is 0 Å². The lowest BCUT2D eigenvalue weighted by molar-refractivity contribution is 0.0745. The second-order valence-electron chi connectivity index (χ2n) is 5.50. The molecule has 0 aromatic heterocycles. The quantitative estimate of drug-likeness (QED) is 0.734. The van der Waals surface area contributed by atoms with Gasteiger partial charge >= 0.3 is 0 Å². The van der Waals surface area contributed by atoms with Crippen molar-refractivity contribution in [1.82, 2.24) is 4.90 Å². The van der Waals surface area contributed by atoms with Crippen molar-refractivity contribution >= 4 is 41.6 Å². The number of carbonyl (C=O) groups excluding carboxylic acids is 1. The lowest BCUT2D eigenvalue weighted by atomic mass is 9.85. The monoisotopic (exact) mass is 393 g/mol. The summed E-state index contributed by atoms with van der Waals surface area (Å²) in [6.07, 6.45) is 3.52. The molecule has 2 rings (SSSR count). The number of hydrogen-bond acceptors (Lipinski definition) is 3. The molecule has 0 radical (unpaired) electrons. The van der Waals surface area contributed by atoms with Gasteiger partial charge < -0.3 is 4.90 Å². The van der Waals surface area contributed by atoms with Gasteiger partial charge in [0, 0.05) is 34.3 Å². The Hall–Kier alpha value is -0.590. The number of hydrogen-bond donors (Lipinski definition) is 0. The Kier molecular flexibility index (Phi) is 5.00. The molecule has 1 saturated carbocycles. The van der Waals surface area contributed by atoms with E-state index in [1.807, 2.05) is 0 Å². The highest BCUT2D eigenvalue weighted by atomic mass is 79.9. The minimum atomic E-state index is -3.88. The third kappa shape index (κ3) is 3.79. The molecule has 1 aliphatic carbocycles. The first-order chi connectivity index (χ1) is 9.70. The van der Waals surface area contributed by atoms with Gasteiger partial charge in [0.2, 0.25) is 0 Å². The third-order valence-corrected chi connectivity index (χ3v) is 6.18. The fraction of sp³-hybridized carbons (Fsp3) is 0.500. The third-order valence-electron chi connectivity index (χ3n) is 3.91. The van der Waals surface area contributed by atoms with Gasteiger partial charge in [0.05, 0.1) is 4.90 Å². The molecule has 1 fully saturated rings. The molecule has 1 aromatic carbocycles. The van der Waals surface area contributed by atoms with E-state index in [-0.39, 0.29) is 10.8 Å². The minimum Gasteiger partial charge on any atom is -0.341 e. The van der Waals surface area contributed by atoms with Crippen molar-refractivity contribution in [1.29, 1.82) is 0 Å². The van der Waals surface area contributed by atoms with Crippen molar-refractivity contribution in [3.8, 4) is 0 Å². The van der Waals surface area contributed by atoms with E-state index >= 15 is 0 Å². The highest BCUT2D eigenvalue weighted by Crippen LogP contribution is 2.30. The average molecular weight is 395 g/mol. The van der Waals surface area contributed by atoms with Gasteiger partial charge in [-0.15, -0.1) is 0 Å². The van der Waals surface area contributed by atoms with Crippen LogP contribution in [0.4, 0.5) is 0 Å². The van der Waals surface area contributed by atoms with Crippen LogP contribution in [-0.4, -0.2) is 32.8 Å². The molecule has 4 nitrogen and oxygen atoms in total. The van der Waals surface area contributed by atoms with Crippen LogP contribution < -0.4 is 0 Å². The predicted octanol–water partition coefficient (Wildman–Crippen LogP) is 3.56. The van der Waals surface area contributed by atoms with Gasteiger partial charge in [-0.3, -0.25) is 4.79 Å². The van der Waals surface area contributed by atoms with Gasteiger partial charge in [-0.25, -0.2) is 8.42 Å². The van der Waals surface area contributed by atoms with Crippen LogP contribution in [0, 0.1) is 12.8 Å². The Morgan fingerprint density at radius 2 is 2.05 bits per heavy atom. The van der Waals surface area contributed by atoms with Crippen LogP contribution in [0.5, 0.6) is 0 Å². The molecule has 1 aliphatic rings. The van der Waals surface area contributed by atoms with Crippen LogP contribution >= 0.6 is 26.6 Å². The van der Waals surface area contributed by atoms with Gasteiger partial charge in [0.15, 0.2) is 0 Å². The predicted molar refractivity (Wildman–Crippen MR) is 86.2 cm³/mol. The second-order valence-corrected chi connectivity index (χ2v) is 8.89. The Balaban J connectivity index is 2.30. The molecular weight excluding hydrogens is 378 g/mol. The standard InChI is InChI=1S/C14H17BrClNO3S/c1-9-12(15)6-11(7-13(9)21(16,19)20)14(18)17(2)8-10-4-3-5-10/h6-7,10H,3-5,8H2,1-2H3. The number of benzene rings is 1. The summed E-state index contributed by atoms with van der Waals surface area (Å²) in [5, 5.41) is 0. The number of carbonyl (C=O) groups is 1. The molecule has 0 atom stereocenters. The number of rotatable bonds is 4. The highest BCUT2D eigenvalue weighted by Gasteiger charge is 2.24. The van der Waals surface area contributed by atoms with Crippen LogP contribution in [0.1, 0.15) is 35.2 Å². The first-order valence-electron chi connectivity index (χ1n) is 6.70. The van der Waals surface area contributed by atoms with Crippen molar-refractivity contribution in [2.75, 3.05) is 13.6 Å².